The van der Waals surface area contributed by atoms with Crippen LogP contribution in [0.3, 0.4) is 0 Å². The number of fused-ring (bicyclic) bond motifs is 1. The Kier molecular flexibility index (Phi) is 3.36. The molecule has 16 heavy (non-hydrogen) atoms. The van der Waals surface area contributed by atoms with Gasteiger partial charge in [0, 0.05) is 45.2 Å². The van der Waals surface area contributed by atoms with Crippen LogP contribution in [0.1, 0.15) is 11.3 Å². The summed E-state index contributed by atoms with van der Waals surface area (Å²) in [5, 5.41) is 0. The van der Waals surface area contributed by atoms with Crippen LogP contribution in [-0.4, -0.2) is 48.6 Å². The first-order chi connectivity index (χ1) is 7.72. The molecule has 1 aliphatic heterocycles. The van der Waals surface area contributed by atoms with Gasteiger partial charge in [-0.2, -0.15) is 0 Å². The van der Waals surface area contributed by atoms with Gasteiger partial charge in [-0.3, -0.25) is 0 Å². The largest absolute Gasteiger partial charge is 0.358 e. The van der Waals surface area contributed by atoms with Crippen LogP contribution < -0.4 is 10.6 Å². The van der Waals surface area contributed by atoms with Gasteiger partial charge in [0.1, 0.15) is 12.1 Å². The molecule has 2 heterocycles. The van der Waals surface area contributed by atoms with Gasteiger partial charge in [-0.15, -0.1) is 0 Å². The Morgan fingerprint density at radius 3 is 3.06 bits per heavy atom. The van der Waals surface area contributed by atoms with Gasteiger partial charge in [-0.25, -0.2) is 9.97 Å². The van der Waals surface area contributed by atoms with E-state index in [0.717, 1.165) is 31.9 Å². The number of rotatable bonds is 3. The third-order valence-corrected chi connectivity index (χ3v) is 3.00. The van der Waals surface area contributed by atoms with Crippen molar-refractivity contribution < 1.29 is 0 Å². The summed E-state index contributed by atoms with van der Waals surface area (Å²) in [6.07, 6.45) is 2.67. The van der Waals surface area contributed by atoms with Gasteiger partial charge < -0.3 is 15.5 Å². The lowest BCUT2D eigenvalue weighted by atomic mass is 10.1. The molecule has 0 fully saturated rings. The van der Waals surface area contributed by atoms with Crippen molar-refractivity contribution in [3.05, 3.63) is 17.6 Å². The number of aromatic nitrogens is 2. The second-order valence-electron chi connectivity index (χ2n) is 4.32. The fraction of sp³-hybridized carbons (Fsp3) is 0.636. The van der Waals surface area contributed by atoms with Crippen molar-refractivity contribution in [2.24, 2.45) is 5.73 Å². The summed E-state index contributed by atoms with van der Waals surface area (Å²) in [6.45, 7) is 3.47. The van der Waals surface area contributed by atoms with Crippen molar-refractivity contribution in [3.63, 3.8) is 0 Å². The Bertz CT molecular complexity index is 365. The van der Waals surface area contributed by atoms with Crippen molar-refractivity contribution in [2.45, 2.75) is 13.0 Å². The molecule has 0 spiro atoms. The van der Waals surface area contributed by atoms with Crippen molar-refractivity contribution in [2.75, 3.05) is 38.6 Å². The Balaban J connectivity index is 2.31. The Morgan fingerprint density at radius 2 is 2.31 bits per heavy atom. The van der Waals surface area contributed by atoms with E-state index in [1.54, 1.807) is 6.33 Å². The zero-order valence-corrected chi connectivity index (χ0v) is 9.98. The molecule has 0 aromatic carbocycles. The van der Waals surface area contributed by atoms with Crippen LogP contribution in [0, 0.1) is 0 Å². The summed E-state index contributed by atoms with van der Waals surface area (Å²) in [5.41, 5.74) is 8.02. The van der Waals surface area contributed by atoms with Crippen LogP contribution in [0.4, 0.5) is 5.82 Å². The van der Waals surface area contributed by atoms with E-state index >= 15 is 0 Å². The summed E-state index contributed by atoms with van der Waals surface area (Å²) in [6, 6.07) is 0. The van der Waals surface area contributed by atoms with Gasteiger partial charge in [-0.05, 0) is 7.05 Å². The zero-order chi connectivity index (χ0) is 11.5. The highest BCUT2D eigenvalue weighted by atomic mass is 15.2. The number of hydrogen-bond donors (Lipinski definition) is 1. The van der Waals surface area contributed by atoms with E-state index in [9.17, 15) is 0 Å². The molecule has 1 aromatic rings. The molecular formula is C11H19N5. The first-order valence-corrected chi connectivity index (χ1v) is 5.65. The molecule has 2 rings (SSSR count). The average Bonchev–Trinajstić information content (AvgIpc) is 2.28. The maximum absolute atomic E-state index is 5.57. The van der Waals surface area contributed by atoms with Gasteiger partial charge in [0.2, 0.25) is 0 Å². The smallest absolute Gasteiger partial charge is 0.136 e. The summed E-state index contributed by atoms with van der Waals surface area (Å²) < 4.78 is 0. The lowest BCUT2D eigenvalue weighted by molar-refractivity contribution is 0.309. The van der Waals surface area contributed by atoms with E-state index in [2.05, 4.69) is 26.8 Å². The Hall–Kier alpha value is -1.20. The molecule has 0 aliphatic carbocycles. The minimum atomic E-state index is 0.644. The molecule has 0 atom stereocenters. The number of likely N-dealkylation sites (N-methyl/N-ethyl adjacent to an activating group) is 2. The molecule has 0 radical (unpaired) electrons. The molecule has 0 bridgehead atoms. The number of nitrogens with zero attached hydrogens (tertiary/aromatic N) is 4. The topological polar surface area (TPSA) is 58.3 Å². The molecule has 0 saturated carbocycles. The third-order valence-electron chi connectivity index (χ3n) is 3.00. The first-order valence-electron chi connectivity index (χ1n) is 5.65. The molecule has 2 N–H and O–H groups in total. The van der Waals surface area contributed by atoms with Crippen LogP contribution in [0.15, 0.2) is 6.33 Å². The first kappa shape index (κ1) is 11.3. The molecule has 1 aliphatic rings. The Labute approximate surface area is 96.3 Å². The summed E-state index contributed by atoms with van der Waals surface area (Å²) >= 11 is 0. The van der Waals surface area contributed by atoms with Gasteiger partial charge in [0.05, 0.1) is 5.69 Å². The normalized spacial score (nSPS) is 15.9. The number of nitrogens with two attached hydrogens (primary N) is 1. The van der Waals surface area contributed by atoms with E-state index in [0.29, 0.717) is 6.54 Å². The summed E-state index contributed by atoms with van der Waals surface area (Å²) in [4.78, 5) is 13.1. The van der Waals surface area contributed by atoms with Crippen LogP contribution in [0.2, 0.25) is 0 Å². The maximum atomic E-state index is 5.57. The molecule has 5 nitrogen and oxygen atoms in total. The predicted molar refractivity (Wildman–Crippen MR) is 64.4 cm³/mol. The second-order valence-corrected chi connectivity index (χ2v) is 4.32. The minimum Gasteiger partial charge on any atom is -0.358 e. The van der Waals surface area contributed by atoms with E-state index < -0.39 is 0 Å². The molecular weight excluding hydrogens is 202 g/mol. The highest BCUT2D eigenvalue weighted by Gasteiger charge is 2.20. The summed E-state index contributed by atoms with van der Waals surface area (Å²) in [7, 11) is 4.16. The van der Waals surface area contributed by atoms with Crippen molar-refractivity contribution in [1.29, 1.82) is 0 Å². The van der Waals surface area contributed by atoms with E-state index in [4.69, 9.17) is 5.73 Å². The zero-order valence-electron chi connectivity index (χ0n) is 9.98. The highest BCUT2D eigenvalue weighted by Crippen LogP contribution is 2.23. The number of anilines is 1. The van der Waals surface area contributed by atoms with Crippen LogP contribution in [0.25, 0.3) is 0 Å². The predicted octanol–water partition coefficient (Wildman–Crippen LogP) is -0.141. The average molecular weight is 221 g/mol. The van der Waals surface area contributed by atoms with Crippen molar-refractivity contribution in [1.82, 2.24) is 14.9 Å². The van der Waals surface area contributed by atoms with Gasteiger partial charge in [0.15, 0.2) is 0 Å². The highest BCUT2D eigenvalue weighted by molar-refractivity contribution is 5.48. The maximum Gasteiger partial charge on any atom is 0.136 e. The van der Waals surface area contributed by atoms with Crippen LogP contribution >= 0.6 is 0 Å². The lowest BCUT2D eigenvalue weighted by Crippen LogP contribution is -2.32. The SMILES string of the molecule is CN1CCc2ncnc(N(C)CCN)c2C1. The molecule has 88 valence electrons. The van der Waals surface area contributed by atoms with Crippen LogP contribution in [-0.2, 0) is 13.0 Å². The summed E-state index contributed by atoms with van der Waals surface area (Å²) in [5.74, 6) is 1.03. The molecule has 0 unspecified atom stereocenters. The number of hydrogen-bond acceptors (Lipinski definition) is 5. The van der Waals surface area contributed by atoms with Crippen molar-refractivity contribution >= 4 is 5.82 Å². The van der Waals surface area contributed by atoms with Crippen LogP contribution in [0.5, 0.6) is 0 Å². The second kappa shape index (κ2) is 4.76. The van der Waals surface area contributed by atoms with E-state index in [1.165, 1.54) is 11.3 Å². The van der Waals surface area contributed by atoms with E-state index in [-0.39, 0.29) is 0 Å². The fourth-order valence-electron chi connectivity index (χ4n) is 2.09. The Morgan fingerprint density at radius 1 is 1.50 bits per heavy atom. The monoisotopic (exact) mass is 221 g/mol. The fourth-order valence-corrected chi connectivity index (χ4v) is 2.09. The standard InChI is InChI=1S/C11H19N5/c1-15-5-3-10-9(7-15)11(14-8-13-10)16(2)6-4-12/h8H,3-7,12H2,1-2H3. The molecule has 0 amide bonds. The lowest BCUT2D eigenvalue weighted by Gasteiger charge is -2.28. The van der Waals surface area contributed by atoms with Gasteiger partial charge >= 0.3 is 0 Å². The third kappa shape index (κ3) is 2.15. The quantitative estimate of drug-likeness (QED) is 0.770. The van der Waals surface area contributed by atoms with Gasteiger partial charge in [-0.1, -0.05) is 0 Å². The molecule has 0 saturated heterocycles. The minimum absolute atomic E-state index is 0.644. The van der Waals surface area contributed by atoms with Crippen molar-refractivity contribution in [3.8, 4) is 0 Å². The molecule has 1 aromatic heterocycles. The van der Waals surface area contributed by atoms with E-state index in [1.807, 2.05) is 7.05 Å². The molecule has 5 heteroatoms. The van der Waals surface area contributed by atoms with Gasteiger partial charge in [0.25, 0.3) is 0 Å².